The molecule has 0 aliphatic carbocycles. The second-order valence-electron chi connectivity index (χ2n) is 5.08. The fraction of sp³-hybridized carbons (Fsp3) is 0.312. The lowest BCUT2D eigenvalue weighted by molar-refractivity contribution is -0.117. The van der Waals surface area contributed by atoms with Crippen LogP contribution in [0.25, 0.3) is 0 Å². The summed E-state index contributed by atoms with van der Waals surface area (Å²) in [5.74, 6) is 2.11. The lowest BCUT2D eigenvalue weighted by Gasteiger charge is -2.16. The highest BCUT2D eigenvalue weighted by atomic mass is 35.5. The van der Waals surface area contributed by atoms with Crippen LogP contribution in [0.5, 0.6) is 5.75 Å². The molecule has 0 aliphatic rings. The molecule has 0 atom stereocenters. The average Bonchev–Trinajstić information content (AvgIpc) is 2.83. The Hall–Kier alpha value is -1.98. The molecule has 0 aliphatic heterocycles. The third-order valence-corrected chi connectivity index (χ3v) is 3.31. The summed E-state index contributed by atoms with van der Waals surface area (Å²) in [7, 11) is 3.40. The van der Waals surface area contributed by atoms with E-state index in [1.54, 1.807) is 25.3 Å². The third kappa shape index (κ3) is 4.51. The minimum absolute atomic E-state index is 0.147. The molecule has 1 amide bonds. The van der Waals surface area contributed by atoms with Crippen molar-refractivity contribution >= 4 is 23.2 Å². The van der Waals surface area contributed by atoms with E-state index in [1.165, 1.54) is 0 Å². The number of nitrogens with one attached hydrogen (secondary N) is 1. The molecule has 0 unspecified atom stereocenters. The maximum absolute atomic E-state index is 12.1. The van der Waals surface area contributed by atoms with E-state index in [9.17, 15) is 4.79 Å². The van der Waals surface area contributed by atoms with E-state index in [-0.39, 0.29) is 12.5 Å². The van der Waals surface area contributed by atoms with Gasteiger partial charge < -0.3 is 14.5 Å². The van der Waals surface area contributed by atoms with Gasteiger partial charge in [0.15, 0.2) is 0 Å². The first-order chi connectivity index (χ1) is 10.5. The summed E-state index contributed by atoms with van der Waals surface area (Å²) in [4.78, 5) is 14.0. The number of likely N-dealkylation sites (N-methyl/N-ethyl adjacent to an activating group) is 1. The van der Waals surface area contributed by atoms with Gasteiger partial charge in [-0.3, -0.25) is 9.69 Å². The molecular formula is C16H19ClN2O3. The van der Waals surface area contributed by atoms with Crippen LogP contribution < -0.4 is 10.1 Å². The number of hydrogen-bond donors (Lipinski definition) is 1. The Balaban J connectivity index is 1.93. The maximum Gasteiger partial charge on any atom is 0.238 e. The van der Waals surface area contributed by atoms with E-state index >= 15 is 0 Å². The third-order valence-electron chi connectivity index (χ3n) is 3.07. The molecule has 118 valence electrons. The molecular weight excluding hydrogens is 304 g/mol. The molecule has 2 aromatic rings. The first kappa shape index (κ1) is 16.4. The van der Waals surface area contributed by atoms with Crippen molar-refractivity contribution in [3.05, 3.63) is 46.9 Å². The molecule has 0 radical (unpaired) electrons. The Morgan fingerprint density at radius 3 is 2.77 bits per heavy atom. The summed E-state index contributed by atoms with van der Waals surface area (Å²) in [6, 6.07) is 8.90. The number of benzene rings is 1. The van der Waals surface area contributed by atoms with Crippen molar-refractivity contribution in [3.63, 3.8) is 0 Å². The van der Waals surface area contributed by atoms with Crippen molar-refractivity contribution in [2.75, 3.05) is 26.0 Å². The number of hydrogen-bond acceptors (Lipinski definition) is 4. The van der Waals surface area contributed by atoms with Crippen LogP contribution in [-0.2, 0) is 11.3 Å². The zero-order valence-electron chi connectivity index (χ0n) is 12.9. The monoisotopic (exact) mass is 322 g/mol. The molecule has 1 aromatic heterocycles. The first-order valence-electron chi connectivity index (χ1n) is 6.85. The van der Waals surface area contributed by atoms with Crippen LogP contribution >= 0.6 is 11.6 Å². The summed E-state index contributed by atoms with van der Waals surface area (Å²) in [5, 5.41) is 3.34. The van der Waals surface area contributed by atoms with Gasteiger partial charge in [0.05, 0.1) is 25.9 Å². The lowest BCUT2D eigenvalue weighted by atomic mass is 10.3. The van der Waals surface area contributed by atoms with Gasteiger partial charge in [-0.15, -0.1) is 0 Å². The lowest BCUT2D eigenvalue weighted by Crippen LogP contribution is -2.29. The van der Waals surface area contributed by atoms with E-state index in [1.807, 2.05) is 31.0 Å². The Bertz CT molecular complexity index is 655. The molecule has 2 rings (SSSR count). The summed E-state index contributed by atoms with van der Waals surface area (Å²) in [6.07, 6.45) is 0. The number of anilines is 1. The number of aryl methyl sites for hydroxylation is 1. The number of nitrogens with zero attached hydrogens (tertiary/aromatic N) is 1. The molecule has 22 heavy (non-hydrogen) atoms. The van der Waals surface area contributed by atoms with Crippen LogP contribution in [0, 0.1) is 6.92 Å². The maximum atomic E-state index is 12.1. The average molecular weight is 323 g/mol. The number of methoxy groups -OCH3 is 1. The summed E-state index contributed by atoms with van der Waals surface area (Å²) < 4.78 is 10.7. The van der Waals surface area contributed by atoms with Crippen molar-refractivity contribution in [3.8, 4) is 5.75 Å². The van der Waals surface area contributed by atoms with E-state index in [0.29, 0.717) is 23.0 Å². The van der Waals surface area contributed by atoms with Gasteiger partial charge in [-0.2, -0.15) is 0 Å². The second kappa shape index (κ2) is 7.33. The Labute approximate surface area is 134 Å². The fourth-order valence-electron chi connectivity index (χ4n) is 2.10. The molecule has 0 spiro atoms. The summed E-state index contributed by atoms with van der Waals surface area (Å²) >= 11 is 5.94. The molecule has 1 N–H and O–H groups in total. The largest absolute Gasteiger partial charge is 0.495 e. The van der Waals surface area contributed by atoms with Crippen LogP contribution in [0.3, 0.4) is 0 Å². The Morgan fingerprint density at radius 1 is 1.36 bits per heavy atom. The molecule has 5 nitrogen and oxygen atoms in total. The van der Waals surface area contributed by atoms with Gasteiger partial charge in [0, 0.05) is 5.02 Å². The number of carbonyl (C=O) groups excluding carboxylic acids is 1. The molecule has 0 fully saturated rings. The van der Waals surface area contributed by atoms with Crippen LogP contribution in [0.1, 0.15) is 11.5 Å². The number of rotatable bonds is 6. The van der Waals surface area contributed by atoms with Gasteiger partial charge in [0.1, 0.15) is 17.3 Å². The zero-order chi connectivity index (χ0) is 16.1. The minimum atomic E-state index is -0.147. The van der Waals surface area contributed by atoms with E-state index < -0.39 is 0 Å². The highest BCUT2D eigenvalue weighted by Gasteiger charge is 2.12. The number of carbonyl (C=O) groups is 1. The van der Waals surface area contributed by atoms with Gasteiger partial charge in [-0.1, -0.05) is 11.6 Å². The van der Waals surface area contributed by atoms with Gasteiger partial charge in [0.25, 0.3) is 0 Å². The quantitative estimate of drug-likeness (QED) is 0.886. The van der Waals surface area contributed by atoms with Gasteiger partial charge in [-0.05, 0) is 44.3 Å². The van der Waals surface area contributed by atoms with Crippen LogP contribution in [0.2, 0.25) is 5.02 Å². The predicted octanol–water partition coefficient (Wildman–Crippen LogP) is 3.32. The number of halogens is 1. The normalized spacial score (nSPS) is 10.8. The molecule has 0 saturated heterocycles. The van der Waals surface area contributed by atoms with E-state index in [4.69, 9.17) is 20.8 Å². The number of amides is 1. The highest BCUT2D eigenvalue weighted by molar-refractivity contribution is 6.31. The predicted molar refractivity (Wildman–Crippen MR) is 86.4 cm³/mol. The van der Waals surface area contributed by atoms with Gasteiger partial charge >= 0.3 is 0 Å². The smallest absolute Gasteiger partial charge is 0.238 e. The number of ether oxygens (including phenoxy) is 1. The van der Waals surface area contributed by atoms with Gasteiger partial charge in [-0.25, -0.2) is 0 Å². The Morgan fingerprint density at radius 2 is 2.14 bits per heavy atom. The molecule has 1 aromatic carbocycles. The van der Waals surface area contributed by atoms with Crippen molar-refractivity contribution in [2.45, 2.75) is 13.5 Å². The van der Waals surface area contributed by atoms with Crippen LogP contribution in [0.4, 0.5) is 5.69 Å². The first-order valence-corrected chi connectivity index (χ1v) is 7.23. The molecule has 0 bridgehead atoms. The van der Waals surface area contributed by atoms with E-state index in [2.05, 4.69) is 5.32 Å². The number of furan rings is 1. The SMILES string of the molecule is COc1ccc(Cl)cc1NC(=O)CN(C)Cc1ccc(C)o1. The summed E-state index contributed by atoms with van der Waals surface area (Å²) in [6.45, 7) is 2.69. The highest BCUT2D eigenvalue weighted by Crippen LogP contribution is 2.27. The topological polar surface area (TPSA) is 54.7 Å². The van der Waals surface area contributed by atoms with Crippen molar-refractivity contribution in [1.29, 1.82) is 0 Å². The van der Waals surface area contributed by atoms with Crippen molar-refractivity contribution < 1.29 is 13.9 Å². The van der Waals surface area contributed by atoms with E-state index in [0.717, 1.165) is 11.5 Å². The van der Waals surface area contributed by atoms with Crippen LogP contribution in [0.15, 0.2) is 34.7 Å². The fourth-order valence-corrected chi connectivity index (χ4v) is 2.28. The van der Waals surface area contributed by atoms with Crippen molar-refractivity contribution in [2.24, 2.45) is 0 Å². The minimum Gasteiger partial charge on any atom is -0.495 e. The second-order valence-corrected chi connectivity index (χ2v) is 5.51. The molecule has 0 saturated carbocycles. The summed E-state index contributed by atoms with van der Waals surface area (Å²) in [5.41, 5.74) is 0.558. The standard InChI is InChI=1S/C16H19ClN2O3/c1-11-4-6-13(22-11)9-19(2)10-16(20)18-14-8-12(17)5-7-15(14)21-3/h4-8H,9-10H2,1-3H3,(H,18,20). The Kier molecular flexibility index (Phi) is 5.46. The van der Waals surface area contributed by atoms with Crippen molar-refractivity contribution in [1.82, 2.24) is 4.90 Å². The zero-order valence-corrected chi connectivity index (χ0v) is 13.6. The molecule has 6 heteroatoms. The van der Waals surface area contributed by atoms with Gasteiger partial charge in [0.2, 0.25) is 5.91 Å². The van der Waals surface area contributed by atoms with Crippen LogP contribution in [-0.4, -0.2) is 31.5 Å². The molecule has 1 heterocycles.